The Morgan fingerprint density at radius 1 is 1.00 bits per heavy atom. The van der Waals surface area contributed by atoms with Crippen molar-refractivity contribution in [2.45, 2.75) is 79.6 Å². The fourth-order valence-electron chi connectivity index (χ4n) is 2.93. The molecule has 0 saturated heterocycles. The Morgan fingerprint density at radius 2 is 1.42 bits per heavy atom. The van der Waals surface area contributed by atoms with Crippen LogP contribution in [-0.2, 0) is 26.8 Å². The highest BCUT2D eigenvalue weighted by Gasteiger charge is 2.28. The van der Waals surface area contributed by atoms with Crippen molar-refractivity contribution < 1.29 is 14.6 Å². The van der Waals surface area contributed by atoms with E-state index in [9.17, 15) is 9.90 Å². The second-order valence-electron chi connectivity index (χ2n) is 10.2. The molecule has 0 radical (unpaired) electrons. The van der Waals surface area contributed by atoms with E-state index in [1.54, 1.807) is 6.92 Å². The number of rotatable bonds is 5. The minimum absolute atomic E-state index is 0.156. The van der Waals surface area contributed by atoms with Crippen LogP contribution in [0.5, 0.6) is 5.75 Å². The highest BCUT2D eigenvalue weighted by molar-refractivity contribution is 5.86. The van der Waals surface area contributed by atoms with E-state index in [2.05, 4.69) is 74.1 Å². The van der Waals surface area contributed by atoms with Crippen LogP contribution >= 0.6 is 0 Å². The predicted octanol–water partition coefficient (Wildman–Crippen LogP) is 5.68. The number of carbonyl (C=O) groups is 1. The van der Waals surface area contributed by atoms with Crippen LogP contribution in [0.2, 0.25) is 0 Å². The Balaban J connectivity index is 3.23. The lowest BCUT2D eigenvalue weighted by molar-refractivity contribution is -0.141. The quantitative estimate of drug-likeness (QED) is 0.543. The number of phenolic OH excluding ortho intramolecular Hbond substituents is 1. The second-order valence-corrected chi connectivity index (χ2v) is 10.2. The molecule has 0 atom stereocenters. The molecule has 0 aliphatic rings. The fraction of sp³-hybridized carbons (Fsp3) is 0.609. The molecule has 0 bridgehead atoms. The molecule has 146 valence electrons. The van der Waals surface area contributed by atoms with E-state index >= 15 is 0 Å². The number of aromatic hydroxyl groups is 1. The summed E-state index contributed by atoms with van der Waals surface area (Å²) in [6, 6.07) is 4.18. The van der Waals surface area contributed by atoms with Gasteiger partial charge < -0.3 is 9.84 Å². The smallest absolute Gasteiger partial charge is 0.333 e. The van der Waals surface area contributed by atoms with Crippen LogP contribution in [0, 0.1) is 5.41 Å². The molecule has 0 unspecified atom stereocenters. The number of hydrogen-bond donors (Lipinski definition) is 1. The zero-order valence-electron chi connectivity index (χ0n) is 18.0. The van der Waals surface area contributed by atoms with E-state index in [0.29, 0.717) is 17.9 Å². The summed E-state index contributed by atoms with van der Waals surface area (Å²) in [7, 11) is 0. The topological polar surface area (TPSA) is 46.5 Å². The Labute approximate surface area is 159 Å². The van der Waals surface area contributed by atoms with Crippen molar-refractivity contribution in [2.24, 2.45) is 5.41 Å². The lowest BCUT2D eigenvalue weighted by atomic mass is 9.76. The van der Waals surface area contributed by atoms with Gasteiger partial charge in [0, 0.05) is 11.0 Å². The Morgan fingerprint density at radius 3 is 1.77 bits per heavy atom. The van der Waals surface area contributed by atoms with Crippen LogP contribution in [0.3, 0.4) is 0 Å². The van der Waals surface area contributed by atoms with E-state index in [1.807, 2.05) is 0 Å². The van der Waals surface area contributed by atoms with Crippen LogP contribution < -0.4 is 0 Å². The first-order chi connectivity index (χ1) is 11.5. The summed E-state index contributed by atoms with van der Waals surface area (Å²) in [6.07, 6.45) is 0.753. The highest BCUT2D eigenvalue weighted by Crippen LogP contribution is 2.40. The van der Waals surface area contributed by atoms with Gasteiger partial charge in [0.2, 0.25) is 0 Å². The van der Waals surface area contributed by atoms with Crippen LogP contribution in [0.1, 0.15) is 79.0 Å². The molecule has 1 aromatic carbocycles. The van der Waals surface area contributed by atoms with Crippen molar-refractivity contribution >= 4 is 5.97 Å². The maximum Gasteiger partial charge on any atom is 0.333 e. The van der Waals surface area contributed by atoms with E-state index < -0.39 is 0 Å². The average Bonchev–Trinajstić information content (AvgIpc) is 2.43. The minimum atomic E-state index is -0.352. The van der Waals surface area contributed by atoms with Gasteiger partial charge in [-0.2, -0.15) is 0 Å². The molecule has 0 heterocycles. The molecule has 1 aromatic rings. The molecule has 0 aliphatic carbocycles. The molecule has 3 heteroatoms. The number of carbonyl (C=O) groups excluding carboxylic acids is 1. The summed E-state index contributed by atoms with van der Waals surface area (Å²) in [6.45, 7) is 22.4. The molecule has 0 spiro atoms. The molecule has 0 fully saturated rings. The SMILES string of the molecule is C=C(C)C(=O)OCC(C)(C)Cc1cc(C(C)(C)C)c(O)c(C(C)(C)C)c1. The molecule has 1 N–H and O–H groups in total. The van der Waals surface area contributed by atoms with Crippen LogP contribution in [0.25, 0.3) is 0 Å². The van der Waals surface area contributed by atoms with Gasteiger partial charge in [-0.15, -0.1) is 0 Å². The van der Waals surface area contributed by atoms with Crippen LogP contribution in [0.4, 0.5) is 0 Å². The molecular weight excluding hydrogens is 324 g/mol. The lowest BCUT2D eigenvalue weighted by Crippen LogP contribution is -2.25. The van der Waals surface area contributed by atoms with Gasteiger partial charge >= 0.3 is 5.97 Å². The van der Waals surface area contributed by atoms with E-state index in [1.165, 1.54) is 0 Å². The van der Waals surface area contributed by atoms with Gasteiger partial charge in [-0.05, 0) is 40.9 Å². The molecule has 1 rings (SSSR count). The molecular formula is C23H36O3. The van der Waals surface area contributed by atoms with Crippen LogP contribution in [-0.4, -0.2) is 17.7 Å². The first-order valence-electron chi connectivity index (χ1n) is 9.24. The number of ether oxygens (including phenoxy) is 1. The number of hydrogen-bond acceptors (Lipinski definition) is 3. The lowest BCUT2D eigenvalue weighted by Gasteiger charge is -2.30. The van der Waals surface area contributed by atoms with Crippen molar-refractivity contribution in [3.63, 3.8) is 0 Å². The van der Waals surface area contributed by atoms with Crippen LogP contribution in [0.15, 0.2) is 24.3 Å². The largest absolute Gasteiger partial charge is 0.507 e. The molecule has 0 aliphatic heterocycles. The minimum Gasteiger partial charge on any atom is -0.507 e. The Bertz CT molecular complexity index is 647. The van der Waals surface area contributed by atoms with Gasteiger partial charge in [-0.3, -0.25) is 0 Å². The number of benzene rings is 1. The fourth-order valence-corrected chi connectivity index (χ4v) is 2.93. The summed E-state index contributed by atoms with van der Waals surface area (Å²) in [5, 5.41) is 10.8. The monoisotopic (exact) mass is 360 g/mol. The zero-order valence-corrected chi connectivity index (χ0v) is 18.0. The average molecular weight is 361 g/mol. The standard InChI is InChI=1S/C23H36O3/c1-15(2)20(25)26-14-23(9,10)13-16-11-17(21(3,4)5)19(24)18(12-16)22(6,7)8/h11-12,24H,1,13-14H2,2-10H3. The van der Waals surface area contributed by atoms with Crippen molar-refractivity contribution in [2.75, 3.05) is 6.61 Å². The van der Waals surface area contributed by atoms with Crippen molar-refractivity contribution in [1.29, 1.82) is 0 Å². The molecule has 26 heavy (non-hydrogen) atoms. The summed E-state index contributed by atoms with van der Waals surface area (Å²) >= 11 is 0. The maximum atomic E-state index is 11.7. The summed E-state index contributed by atoms with van der Waals surface area (Å²) in [5.41, 5.74) is 2.94. The summed E-state index contributed by atoms with van der Waals surface area (Å²) in [5.74, 6) is 0.0369. The Kier molecular flexibility index (Phi) is 6.39. The maximum absolute atomic E-state index is 11.7. The molecule has 0 aromatic heterocycles. The van der Waals surface area contributed by atoms with Gasteiger partial charge in [0.1, 0.15) is 5.75 Å². The second kappa shape index (κ2) is 7.46. The number of esters is 1. The third-order valence-corrected chi connectivity index (χ3v) is 4.41. The Hall–Kier alpha value is -1.77. The van der Waals surface area contributed by atoms with Gasteiger partial charge in [0.05, 0.1) is 6.61 Å². The summed E-state index contributed by atoms with van der Waals surface area (Å²) < 4.78 is 5.37. The van der Waals surface area contributed by atoms with Crippen molar-refractivity contribution in [1.82, 2.24) is 0 Å². The zero-order chi connectivity index (χ0) is 20.5. The number of phenols is 1. The normalized spacial score (nSPS) is 12.8. The third kappa shape index (κ3) is 5.89. The first-order valence-corrected chi connectivity index (χ1v) is 9.24. The van der Waals surface area contributed by atoms with E-state index in [4.69, 9.17) is 4.74 Å². The van der Waals surface area contributed by atoms with Crippen molar-refractivity contribution in [3.8, 4) is 5.75 Å². The molecule has 0 saturated carbocycles. The van der Waals surface area contributed by atoms with Gasteiger partial charge in [-0.25, -0.2) is 4.79 Å². The predicted molar refractivity (Wildman–Crippen MR) is 109 cm³/mol. The summed E-state index contributed by atoms with van der Waals surface area (Å²) in [4.78, 5) is 11.7. The van der Waals surface area contributed by atoms with Gasteiger partial charge in [0.15, 0.2) is 0 Å². The van der Waals surface area contributed by atoms with Gasteiger partial charge in [0.25, 0.3) is 0 Å². The molecule has 0 amide bonds. The van der Waals surface area contributed by atoms with Gasteiger partial charge in [-0.1, -0.05) is 74.1 Å². The third-order valence-electron chi connectivity index (χ3n) is 4.41. The van der Waals surface area contributed by atoms with E-state index in [0.717, 1.165) is 23.1 Å². The highest BCUT2D eigenvalue weighted by atomic mass is 16.5. The first kappa shape index (κ1) is 22.3. The van der Waals surface area contributed by atoms with Crippen molar-refractivity contribution in [3.05, 3.63) is 41.0 Å². The van der Waals surface area contributed by atoms with E-state index in [-0.39, 0.29) is 22.2 Å². The molecule has 3 nitrogen and oxygen atoms in total.